The van der Waals surface area contributed by atoms with Crippen molar-refractivity contribution in [2.45, 2.75) is 25.9 Å². The quantitative estimate of drug-likeness (QED) is 0.717. The molecule has 1 fully saturated rings. The maximum Gasteiger partial charge on any atom is 0.316 e. The zero-order valence-electron chi connectivity index (χ0n) is 14.3. The Labute approximate surface area is 145 Å². The van der Waals surface area contributed by atoms with E-state index in [-0.39, 0.29) is 6.10 Å². The van der Waals surface area contributed by atoms with Crippen molar-refractivity contribution in [1.82, 2.24) is 24.6 Å². The zero-order chi connectivity index (χ0) is 17.2. The van der Waals surface area contributed by atoms with Gasteiger partial charge in [-0.05, 0) is 19.8 Å². The van der Waals surface area contributed by atoms with Crippen LogP contribution < -0.4 is 14.4 Å². The Kier molecular flexibility index (Phi) is 4.09. The fourth-order valence-electron chi connectivity index (χ4n) is 3.11. The third-order valence-corrected chi connectivity index (χ3v) is 4.28. The maximum absolute atomic E-state index is 5.97. The molecule has 1 aliphatic heterocycles. The van der Waals surface area contributed by atoms with Gasteiger partial charge in [-0.25, -0.2) is 4.98 Å². The van der Waals surface area contributed by atoms with E-state index in [2.05, 4.69) is 31.0 Å². The molecule has 25 heavy (non-hydrogen) atoms. The molecular weight excluding hydrogens is 320 g/mol. The number of piperidine rings is 1. The number of anilines is 1. The SMILES string of the molecule is COc1cnc(OC2CCCN(c3cc(C)nc4ccnn34)C2)nc1. The van der Waals surface area contributed by atoms with E-state index in [1.165, 1.54) is 0 Å². The summed E-state index contributed by atoms with van der Waals surface area (Å²) >= 11 is 0. The van der Waals surface area contributed by atoms with Gasteiger partial charge in [0.05, 0.1) is 32.2 Å². The third kappa shape index (κ3) is 3.19. The van der Waals surface area contributed by atoms with Crippen molar-refractivity contribution in [3.63, 3.8) is 0 Å². The smallest absolute Gasteiger partial charge is 0.316 e. The van der Waals surface area contributed by atoms with Gasteiger partial charge < -0.3 is 14.4 Å². The van der Waals surface area contributed by atoms with Gasteiger partial charge in [-0.15, -0.1) is 0 Å². The average molecular weight is 340 g/mol. The van der Waals surface area contributed by atoms with Crippen LogP contribution in [0.4, 0.5) is 5.82 Å². The molecule has 0 aromatic carbocycles. The van der Waals surface area contributed by atoms with Gasteiger partial charge in [0, 0.05) is 24.4 Å². The van der Waals surface area contributed by atoms with Gasteiger partial charge in [0.15, 0.2) is 11.4 Å². The van der Waals surface area contributed by atoms with Gasteiger partial charge in [0.25, 0.3) is 0 Å². The van der Waals surface area contributed by atoms with Crippen molar-refractivity contribution in [1.29, 1.82) is 0 Å². The summed E-state index contributed by atoms with van der Waals surface area (Å²) in [4.78, 5) is 15.2. The Balaban J connectivity index is 1.53. The molecule has 8 nitrogen and oxygen atoms in total. The number of hydrogen-bond donors (Lipinski definition) is 0. The van der Waals surface area contributed by atoms with Crippen LogP contribution in [0.2, 0.25) is 0 Å². The van der Waals surface area contributed by atoms with E-state index in [1.54, 1.807) is 25.7 Å². The highest BCUT2D eigenvalue weighted by atomic mass is 16.5. The number of aromatic nitrogens is 5. The summed E-state index contributed by atoms with van der Waals surface area (Å²) in [5.74, 6) is 1.66. The van der Waals surface area contributed by atoms with Crippen molar-refractivity contribution in [3.8, 4) is 11.8 Å². The first-order valence-electron chi connectivity index (χ1n) is 8.32. The standard InChI is InChI=1S/C17H20N6O2/c1-12-8-16(23-15(21-12)5-6-20-23)22-7-3-4-13(11-22)25-17-18-9-14(24-2)10-19-17/h5-6,8-10,13H,3-4,7,11H2,1-2H3. The minimum Gasteiger partial charge on any atom is -0.494 e. The van der Waals surface area contributed by atoms with Crippen LogP contribution in [0.1, 0.15) is 18.5 Å². The van der Waals surface area contributed by atoms with Crippen molar-refractivity contribution >= 4 is 11.5 Å². The van der Waals surface area contributed by atoms with E-state index in [4.69, 9.17) is 9.47 Å². The van der Waals surface area contributed by atoms with Gasteiger partial charge in [0.1, 0.15) is 11.9 Å². The molecule has 0 aliphatic carbocycles. The first kappa shape index (κ1) is 15.6. The van der Waals surface area contributed by atoms with Gasteiger partial charge in [-0.3, -0.25) is 0 Å². The largest absolute Gasteiger partial charge is 0.494 e. The Morgan fingerprint density at radius 2 is 2.08 bits per heavy atom. The lowest BCUT2D eigenvalue weighted by molar-refractivity contribution is 0.163. The van der Waals surface area contributed by atoms with Gasteiger partial charge in [-0.2, -0.15) is 19.6 Å². The van der Waals surface area contributed by atoms with Crippen molar-refractivity contribution in [3.05, 3.63) is 36.4 Å². The Morgan fingerprint density at radius 3 is 2.88 bits per heavy atom. The summed E-state index contributed by atoms with van der Waals surface area (Å²) in [6.45, 7) is 3.72. The van der Waals surface area contributed by atoms with Crippen molar-refractivity contribution in [2.75, 3.05) is 25.1 Å². The first-order valence-corrected chi connectivity index (χ1v) is 8.32. The molecule has 8 heteroatoms. The molecule has 0 saturated carbocycles. The molecule has 4 heterocycles. The topological polar surface area (TPSA) is 77.7 Å². The molecule has 0 amide bonds. The molecule has 1 atom stereocenters. The van der Waals surface area contributed by atoms with Crippen LogP contribution in [0, 0.1) is 6.92 Å². The fraction of sp³-hybridized carbons (Fsp3) is 0.412. The highest BCUT2D eigenvalue weighted by Gasteiger charge is 2.24. The third-order valence-electron chi connectivity index (χ3n) is 4.28. The monoisotopic (exact) mass is 340 g/mol. The molecule has 0 spiro atoms. The number of fused-ring (bicyclic) bond motifs is 1. The van der Waals surface area contributed by atoms with Crippen LogP contribution in [0.15, 0.2) is 30.7 Å². The summed E-state index contributed by atoms with van der Waals surface area (Å²) in [6, 6.07) is 4.36. The van der Waals surface area contributed by atoms with E-state index in [0.717, 1.165) is 43.1 Å². The van der Waals surface area contributed by atoms with E-state index in [9.17, 15) is 0 Å². The van der Waals surface area contributed by atoms with Crippen molar-refractivity contribution < 1.29 is 9.47 Å². The molecule has 1 saturated heterocycles. The van der Waals surface area contributed by atoms with Crippen LogP contribution in [-0.4, -0.2) is 50.9 Å². The number of ether oxygens (including phenoxy) is 2. The lowest BCUT2D eigenvalue weighted by Crippen LogP contribution is -2.42. The molecule has 1 aliphatic rings. The first-order chi connectivity index (χ1) is 12.2. The number of rotatable bonds is 4. The highest BCUT2D eigenvalue weighted by Crippen LogP contribution is 2.23. The second-order valence-electron chi connectivity index (χ2n) is 6.09. The van der Waals surface area contributed by atoms with E-state index < -0.39 is 0 Å². The summed E-state index contributed by atoms with van der Waals surface area (Å²) in [5, 5.41) is 4.40. The number of hydrogen-bond acceptors (Lipinski definition) is 7. The van der Waals surface area contributed by atoms with Gasteiger partial charge in [0.2, 0.25) is 0 Å². The van der Waals surface area contributed by atoms with E-state index >= 15 is 0 Å². The minimum atomic E-state index is 0.0289. The molecule has 4 rings (SSSR count). The molecule has 0 radical (unpaired) electrons. The van der Waals surface area contributed by atoms with E-state index in [0.29, 0.717) is 11.8 Å². The number of aryl methyl sites for hydroxylation is 1. The van der Waals surface area contributed by atoms with Crippen molar-refractivity contribution in [2.24, 2.45) is 0 Å². The number of methoxy groups -OCH3 is 1. The molecule has 130 valence electrons. The van der Waals surface area contributed by atoms with Crippen LogP contribution in [0.5, 0.6) is 11.8 Å². The second-order valence-corrected chi connectivity index (χ2v) is 6.09. The molecule has 1 unspecified atom stereocenters. The highest BCUT2D eigenvalue weighted by molar-refractivity contribution is 5.51. The molecular formula is C17H20N6O2. The molecule has 3 aromatic rings. The van der Waals surface area contributed by atoms with Crippen LogP contribution >= 0.6 is 0 Å². The van der Waals surface area contributed by atoms with Gasteiger partial charge >= 0.3 is 6.01 Å². The summed E-state index contributed by atoms with van der Waals surface area (Å²) in [6.07, 6.45) is 7.03. The Bertz CT molecular complexity index is 863. The minimum absolute atomic E-state index is 0.0289. The normalized spacial score (nSPS) is 17.7. The number of nitrogens with zero attached hydrogens (tertiary/aromatic N) is 6. The Morgan fingerprint density at radius 1 is 1.24 bits per heavy atom. The maximum atomic E-state index is 5.97. The fourth-order valence-corrected chi connectivity index (χ4v) is 3.11. The Hall–Kier alpha value is -2.90. The lowest BCUT2D eigenvalue weighted by Gasteiger charge is -2.33. The molecule has 3 aromatic heterocycles. The summed E-state index contributed by atoms with van der Waals surface area (Å²) in [7, 11) is 1.59. The lowest BCUT2D eigenvalue weighted by atomic mass is 10.1. The molecule has 0 N–H and O–H groups in total. The molecule has 0 bridgehead atoms. The van der Waals surface area contributed by atoms with Crippen LogP contribution in [-0.2, 0) is 0 Å². The predicted octanol–water partition coefficient (Wildman–Crippen LogP) is 1.88. The van der Waals surface area contributed by atoms with Crippen LogP contribution in [0.3, 0.4) is 0 Å². The average Bonchev–Trinajstić information content (AvgIpc) is 3.10. The predicted molar refractivity (Wildman–Crippen MR) is 92.2 cm³/mol. The van der Waals surface area contributed by atoms with Gasteiger partial charge in [-0.1, -0.05) is 0 Å². The van der Waals surface area contributed by atoms with E-state index in [1.807, 2.05) is 17.5 Å². The second kappa shape index (κ2) is 6.54. The summed E-state index contributed by atoms with van der Waals surface area (Å²) < 4.78 is 12.9. The zero-order valence-corrected chi connectivity index (χ0v) is 14.3. The van der Waals surface area contributed by atoms with Crippen LogP contribution in [0.25, 0.3) is 5.65 Å². The summed E-state index contributed by atoms with van der Waals surface area (Å²) in [5.41, 5.74) is 1.83.